The molecule has 27 heavy (non-hydrogen) atoms. The maximum absolute atomic E-state index is 12.4. The van der Waals surface area contributed by atoms with E-state index in [4.69, 9.17) is 14.9 Å². The molecule has 0 aromatic heterocycles. The summed E-state index contributed by atoms with van der Waals surface area (Å²) in [6.45, 7) is 2.26. The molecule has 1 amide bonds. The van der Waals surface area contributed by atoms with Gasteiger partial charge in [-0.2, -0.15) is 0 Å². The molecule has 0 bridgehead atoms. The molecule has 0 radical (unpaired) electrons. The summed E-state index contributed by atoms with van der Waals surface area (Å²) in [5.74, 6) is -6.45. The summed E-state index contributed by atoms with van der Waals surface area (Å²) in [5.41, 5.74) is 0. The molecule has 1 aliphatic rings. The van der Waals surface area contributed by atoms with Crippen LogP contribution >= 0.6 is 0 Å². The maximum atomic E-state index is 12.4. The second-order valence-electron chi connectivity index (χ2n) is 6.76. The molecule has 0 aromatic carbocycles. The minimum Gasteiger partial charge on any atom is -0.481 e. The van der Waals surface area contributed by atoms with Crippen molar-refractivity contribution in [1.29, 1.82) is 0 Å². The van der Waals surface area contributed by atoms with Gasteiger partial charge in [0.1, 0.15) is 24.4 Å². The van der Waals surface area contributed by atoms with Crippen molar-refractivity contribution in [3.8, 4) is 0 Å². The summed E-state index contributed by atoms with van der Waals surface area (Å²) in [6.07, 6.45) is -5.73. The van der Waals surface area contributed by atoms with Crippen molar-refractivity contribution in [3.63, 3.8) is 0 Å². The molecule has 1 saturated heterocycles. The first-order valence-corrected chi connectivity index (χ1v) is 8.28. The molecule has 6 atom stereocenters. The number of hydrogen-bond donors (Lipinski definition) is 8. The predicted molar refractivity (Wildman–Crippen MR) is 87.4 cm³/mol. The number of hydrogen-bond acceptors (Lipinski definition) is 9. The Balaban J connectivity index is 2.79. The molecule has 1 fully saturated rings. The normalized spacial score (nSPS) is 30.6. The average Bonchev–Trinajstić information content (AvgIpc) is 2.55. The second kappa shape index (κ2) is 9.39. The van der Waals surface area contributed by atoms with Gasteiger partial charge in [-0.15, -0.1) is 0 Å². The Morgan fingerprint density at radius 2 is 1.78 bits per heavy atom. The Morgan fingerprint density at radius 1 is 1.19 bits per heavy atom. The molecule has 156 valence electrons. The lowest BCUT2D eigenvalue weighted by Crippen LogP contribution is -2.66. The number of nitrogens with one attached hydrogen (secondary N) is 2. The topological polar surface area (TPSA) is 206 Å². The number of aliphatic hydroxyl groups is 4. The minimum absolute atomic E-state index is 0.413. The van der Waals surface area contributed by atoms with E-state index in [0.717, 1.165) is 0 Å². The number of carbonyl (C=O) groups excluding carboxylic acids is 1. The number of ether oxygens (including phenoxy) is 1. The molecule has 0 aromatic rings. The summed E-state index contributed by atoms with van der Waals surface area (Å²) < 4.78 is 4.97. The number of carboxylic acids is 2. The molecule has 8 N–H and O–H groups in total. The highest BCUT2D eigenvalue weighted by molar-refractivity contribution is 5.89. The van der Waals surface area contributed by atoms with Gasteiger partial charge in [0.05, 0.1) is 25.6 Å². The first kappa shape index (κ1) is 23.2. The average molecular weight is 394 g/mol. The lowest BCUT2D eigenvalue weighted by atomic mass is 9.95. The minimum atomic E-state index is -2.29. The number of carboxylic acid groups (broad SMARTS) is 2. The highest BCUT2D eigenvalue weighted by Crippen LogP contribution is 2.23. The van der Waals surface area contributed by atoms with Gasteiger partial charge in [0.2, 0.25) is 11.7 Å². The van der Waals surface area contributed by atoms with Gasteiger partial charge >= 0.3 is 11.9 Å². The summed E-state index contributed by atoms with van der Waals surface area (Å²) in [4.78, 5) is 34.2. The monoisotopic (exact) mass is 394 g/mol. The quantitative estimate of drug-likeness (QED) is 0.192. The van der Waals surface area contributed by atoms with Gasteiger partial charge in [0, 0.05) is 0 Å². The fourth-order valence-electron chi connectivity index (χ4n) is 2.57. The van der Waals surface area contributed by atoms with Crippen molar-refractivity contribution >= 4 is 17.8 Å². The van der Waals surface area contributed by atoms with Crippen LogP contribution in [0.25, 0.3) is 0 Å². The Hall–Kier alpha value is -1.83. The summed E-state index contributed by atoms with van der Waals surface area (Å²) in [7, 11) is 0. The van der Waals surface area contributed by atoms with E-state index < -0.39 is 79.5 Å². The van der Waals surface area contributed by atoms with E-state index in [2.05, 4.69) is 10.6 Å². The largest absolute Gasteiger partial charge is 0.481 e. The van der Waals surface area contributed by atoms with Crippen LogP contribution in [0, 0.1) is 5.92 Å². The zero-order chi connectivity index (χ0) is 20.9. The van der Waals surface area contributed by atoms with E-state index in [1.807, 2.05) is 0 Å². The summed E-state index contributed by atoms with van der Waals surface area (Å²) in [6, 6.07) is -2.71. The van der Waals surface area contributed by atoms with Gasteiger partial charge in [-0.25, -0.2) is 4.79 Å². The van der Waals surface area contributed by atoms with E-state index >= 15 is 0 Å². The molecule has 0 saturated carbocycles. The van der Waals surface area contributed by atoms with Crippen LogP contribution in [0.1, 0.15) is 20.3 Å². The van der Waals surface area contributed by atoms with E-state index in [0.29, 0.717) is 0 Å². The van der Waals surface area contributed by atoms with Crippen molar-refractivity contribution in [1.82, 2.24) is 10.6 Å². The molecule has 0 aliphatic carbocycles. The van der Waals surface area contributed by atoms with Crippen LogP contribution in [0.4, 0.5) is 0 Å². The molecule has 0 spiro atoms. The van der Waals surface area contributed by atoms with Gasteiger partial charge in [-0.3, -0.25) is 9.59 Å². The first-order chi connectivity index (χ1) is 12.4. The number of amides is 1. The van der Waals surface area contributed by atoms with Gasteiger partial charge in [-0.1, -0.05) is 13.8 Å². The number of aliphatic carboxylic acids is 2. The van der Waals surface area contributed by atoms with Crippen LogP contribution in [0.5, 0.6) is 0 Å². The highest BCUT2D eigenvalue weighted by atomic mass is 16.6. The van der Waals surface area contributed by atoms with Crippen LogP contribution in [-0.4, -0.2) is 97.8 Å². The zero-order valence-electron chi connectivity index (χ0n) is 14.9. The first-order valence-electron chi connectivity index (χ1n) is 8.28. The van der Waals surface area contributed by atoms with E-state index in [1.165, 1.54) is 0 Å². The standard InChI is InChI=1S/C15H26N2O10/c1-6(2)10(13(23)17-7(14(24)25)3-9(19)20)16-5-15(26)12(22)11(21)8(18)4-27-15/h6-8,10-12,16,18,21-22,26H,3-5H2,1-2H3,(H,17,23)(H,19,20)(H,24,25)/t7-,8+,10-,11+,12-,15?/m0/s1. The van der Waals surface area contributed by atoms with Crippen LogP contribution < -0.4 is 10.6 Å². The smallest absolute Gasteiger partial charge is 0.326 e. The summed E-state index contributed by atoms with van der Waals surface area (Å²) in [5, 5.41) is 61.8. The Kier molecular flexibility index (Phi) is 8.07. The maximum Gasteiger partial charge on any atom is 0.326 e. The Bertz CT molecular complexity index is 557. The fourth-order valence-corrected chi connectivity index (χ4v) is 2.57. The van der Waals surface area contributed by atoms with Gasteiger partial charge < -0.3 is 46.0 Å². The van der Waals surface area contributed by atoms with Crippen molar-refractivity contribution in [2.45, 2.75) is 56.5 Å². The van der Waals surface area contributed by atoms with Crippen molar-refractivity contribution in [3.05, 3.63) is 0 Å². The number of carbonyl (C=O) groups is 3. The molecule has 1 heterocycles. The predicted octanol–water partition coefficient (Wildman–Crippen LogP) is -3.55. The fraction of sp³-hybridized carbons (Fsp3) is 0.800. The molecule has 1 rings (SSSR count). The van der Waals surface area contributed by atoms with Crippen LogP contribution in [-0.2, 0) is 19.1 Å². The van der Waals surface area contributed by atoms with Gasteiger partial charge in [0.15, 0.2) is 0 Å². The molecule has 12 heteroatoms. The lowest BCUT2D eigenvalue weighted by Gasteiger charge is -2.42. The Morgan fingerprint density at radius 3 is 2.26 bits per heavy atom. The molecular weight excluding hydrogens is 368 g/mol. The van der Waals surface area contributed by atoms with Gasteiger partial charge in [-0.05, 0) is 5.92 Å². The molecule has 12 nitrogen and oxygen atoms in total. The number of rotatable bonds is 9. The van der Waals surface area contributed by atoms with Crippen molar-refractivity contribution in [2.24, 2.45) is 5.92 Å². The lowest BCUT2D eigenvalue weighted by molar-refractivity contribution is -0.318. The Labute approximate surface area is 154 Å². The van der Waals surface area contributed by atoms with Crippen molar-refractivity contribution in [2.75, 3.05) is 13.2 Å². The molecule has 1 unspecified atom stereocenters. The van der Waals surface area contributed by atoms with E-state index in [1.54, 1.807) is 13.8 Å². The SMILES string of the molecule is CC(C)[C@H](NCC1(O)OC[C@@H](O)[C@@H](O)[C@@H]1O)C(=O)N[C@@H](CC(=O)O)C(=O)O. The second-order valence-corrected chi connectivity index (χ2v) is 6.76. The third-order valence-corrected chi connectivity index (χ3v) is 4.20. The third kappa shape index (κ3) is 6.09. The van der Waals surface area contributed by atoms with Crippen LogP contribution in [0.15, 0.2) is 0 Å². The summed E-state index contributed by atoms with van der Waals surface area (Å²) >= 11 is 0. The van der Waals surface area contributed by atoms with Crippen molar-refractivity contribution < 1.29 is 49.8 Å². The third-order valence-electron chi connectivity index (χ3n) is 4.20. The van der Waals surface area contributed by atoms with E-state index in [9.17, 15) is 34.8 Å². The highest BCUT2D eigenvalue weighted by Gasteiger charge is 2.48. The molecular formula is C15H26N2O10. The van der Waals surface area contributed by atoms with E-state index in [-0.39, 0.29) is 0 Å². The number of aliphatic hydroxyl groups excluding tert-OH is 3. The zero-order valence-corrected chi connectivity index (χ0v) is 14.9. The van der Waals surface area contributed by atoms with Crippen LogP contribution in [0.2, 0.25) is 0 Å². The van der Waals surface area contributed by atoms with Gasteiger partial charge in [0.25, 0.3) is 0 Å². The van der Waals surface area contributed by atoms with Crippen LogP contribution in [0.3, 0.4) is 0 Å². The molecule has 1 aliphatic heterocycles.